The number of aryl methyl sites for hydroxylation is 1. The van der Waals surface area contributed by atoms with Crippen LogP contribution in [0.4, 0.5) is 0 Å². The lowest BCUT2D eigenvalue weighted by atomic mass is 10.1. The Bertz CT molecular complexity index is 499. The molecule has 1 aromatic carbocycles. The standard InChI is InChI=1S/C11H14BrIO3S/c1-3-17(15,16)11(12,13)10(14)9-6-4-5-8(2)7-9/h4-7,10,14H,3H2,1-2H3/t10-,11-/m1/s1. The number of sulfone groups is 1. The van der Waals surface area contributed by atoms with Gasteiger partial charge in [0.2, 0.25) is 1.66 Å². The molecule has 1 rings (SSSR count). The summed E-state index contributed by atoms with van der Waals surface area (Å²) in [5, 5.41) is 10.2. The third-order valence-electron chi connectivity index (χ3n) is 2.47. The first-order valence-corrected chi connectivity index (χ1v) is 8.59. The van der Waals surface area contributed by atoms with Gasteiger partial charge in [0.05, 0.1) is 0 Å². The van der Waals surface area contributed by atoms with E-state index in [2.05, 4.69) is 15.9 Å². The van der Waals surface area contributed by atoms with Crippen LogP contribution in [0.3, 0.4) is 0 Å². The largest absolute Gasteiger partial charge is 0.385 e. The summed E-state index contributed by atoms with van der Waals surface area (Å²) in [6.07, 6.45) is -1.10. The SMILES string of the molecule is CCS(=O)(=O)[C@](Br)(I)[C@H](O)c1cccc(C)c1. The second kappa shape index (κ2) is 5.54. The van der Waals surface area contributed by atoms with Crippen LogP contribution < -0.4 is 0 Å². The molecule has 96 valence electrons. The van der Waals surface area contributed by atoms with Crippen molar-refractivity contribution in [3.63, 3.8) is 0 Å². The molecule has 0 aromatic heterocycles. The minimum absolute atomic E-state index is 0.0237. The summed E-state index contributed by atoms with van der Waals surface area (Å²) >= 11 is 4.88. The molecule has 0 heterocycles. The van der Waals surface area contributed by atoms with Gasteiger partial charge in [0.15, 0.2) is 9.84 Å². The number of hydrogen-bond donors (Lipinski definition) is 1. The highest BCUT2D eigenvalue weighted by molar-refractivity contribution is 14.1. The van der Waals surface area contributed by atoms with Gasteiger partial charge in [-0.15, -0.1) is 0 Å². The van der Waals surface area contributed by atoms with Crippen molar-refractivity contribution in [2.75, 3.05) is 5.75 Å². The number of alkyl halides is 2. The van der Waals surface area contributed by atoms with Gasteiger partial charge in [0.25, 0.3) is 0 Å². The average molecular weight is 433 g/mol. The molecular formula is C11H14BrIO3S. The Labute approximate surface area is 124 Å². The Kier molecular flexibility index (Phi) is 5.02. The van der Waals surface area contributed by atoms with E-state index in [1.54, 1.807) is 47.7 Å². The first kappa shape index (κ1) is 15.4. The topological polar surface area (TPSA) is 54.4 Å². The molecular weight excluding hydrogens is 419 g/mol. The van der Waals surface area contributed by atoms with Crippen molar-refractivity contribution >= 4 is 48.4 Å². The monoisotopic (exact) mass is 432 g/mol. The third-order valence-corrected chi connectivity index (χ3v) is 8.80. The minimum Gasteiger partial charge on any atom is -0.385 e. The van der Waals surface area contributed by atoms with Crippen LogP contribution in [-0.4, -0.2) is 20.9 Å². The highest BCUT2D eigenvalue weighted by Crippen LogP contribution is 2.45. The lowest BCUT2D eigenvalue weighted by molar-refractivity contribution is 0.191. The van der Waals surface area contributed by atoms with Gasteiger partial charge in [-0.05, 0) is 35.1 Å². The fraction of sp³-hybridized carbons (Fsp3) is 0.455. The Morgan fingerprint density at radius 2 is 2.12 bits per heavy atom. The predicted octanol–water partition coefficient (Wildman–Crippen LogP) is 2.95. The predicted molar refractivity (Wildman–Crippen MR) is 81.3 cm³/mol. The van der Waals surface area contributed by atoms with E-state index in [0.29, 0.717) is 5.56 Å². The van der Waals surface area contributed by atoms with Crippen molar-refractivity contribution in [2.45, 2.75) is 21.6 Å². The second-order valence-corrected chi connectivity index (χ2v) is 11.9. The van der Waals surface area contributed by atoms with Crippen molar-refractivity contribution in [3.05, 3.63) is 35.4 Å². The molecule has 0 bridgehead atoms. The van der Waals surface area contributed by atoms with Gasteiger partial charge in [-0.1, -0.05) is 52.7 Å². The third kappa shape index (κ3) is 3.21. The van der Waals surface area contributed by atoms with E-state index in [1.165, 1.54) is 0 Å². The second-order valence-electron chi connectivity index (χ2n) is 3.78. The first-order valence-electron chi connectivity index (χ1n) is 5.07. The summed E-state index contributed by atoms with van der Waals surface area (Å²) in [7, 11) is -3.40. The molecule has 0 spiro atoms. The zero-order valence-electron chi connectivity index (χ0n) is 9.52. The molecule has 0 aliphatic carbocycles. The minimum atomic E-state index is -3.40. The van der Waals surface area contributed by atoms with Gasteiger partial charge in [0.1, 0.15) is 6.10 Å². The van der Waals surface area contributed by atoms with Crippen LogP contribution in [0, 0.1) is 6.92 Å². The zero-order chi connectivity index (χ0) is 13.3. The maximum absolute atomic E-state index is 11.9. The highest BCUT2D eigenvalue weighted by Gasteiger charge is 2.45. The molecule has 1 N–H and O–H groups in total. The van der Waals surface area contributed by atoms with E-state index in [4.69, 9.17) is 0 Å². The van der Waals surface area contributed by atoms with E-state index < -0.39 is 17.6 Å². The molecule has 0 aliphatic rings. The van der Waals surface area contributed by atoms with Gasteiger partial charge in [-0.25, -0.2) is 8.42 Å². The number of aliphatic hydroxyl groups is 1. The van der Waals surface area contributed by atoms with Gasteiger partial charge >= 0.3 is 0 Å². The highest BCUT2D eigenvalue weighted by atomic mass is 127. The van der Waals surface area contributed by atoms with Crippen LogP contribution in [0.5, 0.6) is 0 Å². The summed E-state index contributed by atoms with van der Waals surface area (Å²) in [5.41, 5.74) is 1.57. The average Bonchev–Trinajstić information content (AvgIpc) is 2.27. The molecule has 2 atom stereocenters. The number of hydrogen-bond acceptors (Lipinski definition) is 3. The van der Waals surface area contributed by atoms with Crippen molar-refractivity contribution in [1.29, 1.82) is 0 Å². The van der Waals surface area contributed by atoms with Crippen molar-refractivity contribution in [3.8, 4) is 0 Å². The van der Waals surface area contributed by atoms with E-state index in [1.807, 2.05) is 13.0 Å². The maximum Gasteiger partial charge on any atom is 0.207 e. The van der Waals surface area contributed by atoms with E-state index >= 15 is 0 Å². The molecule has 0 fully saturated rings. The Morgan fingerprint density at radius 1 is 1.53 bits per heavy atom. The van der Waals surface area contributed by atoms with Gasteiger partial charge < -0.3 is 5.11 Å². The van der Waals surface area contributed by atoms with Gasteiger partial charge in [0, 0.05) is 5.75 Å². The molecule has 6 heteroatoms. The quantitative estimate of drug-likeness (QED) is 0.587. The van der Waals surface area contributed by atoms with Crippen LogP contribution in [0.1, 0.15) is 24.2 Å². The molecule has 1 aromatic rings. The fourth-order valence-electron chi connectivity index (χ4n) is 1.40. The number of aliphatic hydroxyl groups excluding tert-OH is 1. The summed E-state index contributed by atoms with van der Waals surface area (Å²) in [4.78, 5) is 0. The molecule has 17 heavy (non-hydrogen) atoms. The molecule has 0 saturated carbocycles. The molecule has 0 radical (unpaired) electrons. The Hall–Kier alpha value is 0.340. The maximum atomic E-state index is 11.9. The summed E-state index contributed by atoms with van der Waals surface area (Å²) in [5.74, 6) is -0.0237. The number of benzene rings is 1. The van der Waals surface area contributed by atoms with Crippen molar-refractivity contribution < 1.29 is 13.5 Å². The van der Waals surface area contributed by atoms with Crippen molar-refractivity contribution in [2.24, 2.45) is 0 Å². The molecule has 3 nitrogen and oxygen atoms in total. The Morgan fingerprint density at radius 3 is 2.59 bits per heavy atom. The van der Waals surface area contributed by atoms with Gasteiger partial charge in [-0.3, -0.25) is 0 Å². The summed E-state index contributed by atoms with van der Waals surface area (Å²) in [6, 6.07) is 7.20. The van der Waals surface area contributed by atoms with Crippen LogP contribution in [-0.2, 0) is 9.84 Å². The van der Waals surface area contributed by atoms with Crippen LogP contribution >= 0.6 is 38.5 Å². The van der Waals surface area contributed by atoms with Crippen LogP contribution in [0.15, 0.2) is 24.3 Å². The zero-order valence-corrected chi connectivity index (χ0v) is 14.1. The lowest BCUT2D eigenvalue weighted by Gasteiger charge is -2.26. The van der Waals surface area contributed by atoms with Crippen molar-refractivity contribution in [1.82, 2.24) is 0 Å². The molecule has 0 unspecified atom stereocenters. The van der Waals surface area contributed by atoms with E-state index in [9.17, 15) is 13.5 Å². The fourth-order valence-corrected chi connectivity index (χ4v) is 4.50. The first-order chi connectivity index (χ1) is 7.72. The molecule has 0 saturated heterocycles. The number of rotatable bonds is 4. The van der Waals surface area contributed by atoms with E-state index in [0.717, 1.165) is 5.56 Å². The summed E-state index contributed by atoms with van der Waals surface area (Å²) < 4.78 is 22.4. The molecule has 0 aliphatic heterocycles. The summed E-state index contributed by atoms with van der Waals surface area (Å²) in [6.45, 7) is 3.46. The smallest absolute Gasteiger partial charge is 0.207 e. The normalized spacial score (nSPS) is 17.5. The van der Waals surface area contributed by atoms with Crippen LogP contribution in [0.2, 0.25) is 0 Å². The van der Waals surface area contributed by atoms with Crippen LogP contribution in [0.25, 0.3) is 0 Å². The molecule has 0 amide bonds. The number of halogens is 2. The lowest BCUT2D eigenvalue weighted by Crippen LogP contribution is -2.33. The Balaban J connectivity index is 3.17. The van der Waals surface area contributed by atoms with Gasteiger partial charge in [-0.2, -0.15) is 0 Å². The van der Waals surface area contributed by atoms with E-state index in [-0.39, 0.29) is 5.75 Å².